The lowest BCUT2D eigenvalue weighted by atomic mass is 10.1. The van der Waals surface area contributed by atoms with Crippen LogP contribution in [0.4, 0.5) is 5.69 Å². The summed E-state index contributed by atoms with van der Waals surface area (Å²) in [5.74, 6) is 0.111. The van der Waals surface area contributed by atoms with Crippen molar-refractivity contribution in [2.24, 2.45) is 5.92 Å². The van der Waals surface area contributed by atoms with Crippen molar-refractivity contribution in [3.63, 3.8) is 0 Å². The lowest BCUT2D eigenvalue weighted by Gasteiger charge is -2.13. The molecule has 1 fully saturated rings. The fourth-order valence-electron chi connectivity index (χ4n) is 2.31. The molecular weight excluding hydrogens is 337 g/mol. The number of nitrogens with one attached hydrogen (secondary N) is 3. The van der Waals surface area contributed by atoms with Gasteiger partial charge in [-0.05, 0) is 43.5 Å². The second-order valence-corrected chi connectivity index (χ2v) is 6.34. The Morgan fingerprint density at radius 3 is 2.70 bits per heavy atom. The Morgan fingerprint density at radius 2 is 2.13 bits per heavy atom. The molecule has 0 aromatic heterocycles. The summed E-state index contributed by atoms with van der Waals surface area (Å²) in [4.78, 5) is 24.0. The van der Waals surface area contributed by atoms with E-state index < -0.39 is 0 Å². The van der Waals surface area contributed by atoms with Gasteiger partial charge in [0, 0.05) is 12.2 Å². The maximum Gasteiger partial charge on any atom is 0.252 e. The molecule has 0 saturated carbocycles. The third-order valence-corrected chi connectivity index (χ3v) is 3.84. The molecule has 2 rings (SSSR count). The summed E-state index contributed by atoms with van der Waals surface area (Å²) in [7, 11) is 0. The lowest BCUT2D eigenvalue weighted by Crippen LogP contribution is -2.35. The maximum atomic E-state index is 12.0. The fraction of sp³-hybridized carbons (Fsp3) is 0.500. The van der Waals surface area contributed by atoms with Crippen LogP contribution in [0.25, 0.3) is 0 Å². The first-order valence-electron chi connectivity index (χ1n) is 7.59. The second-order valence-electron chi connectivity index (χ2n) is 5.94. The smallest absolute Gasteiger partial charge is 0.252 e. The molecule has 1 aliphatic rings. The number of hydrogen-bond acceptors (Lipinski definition) is 3. The quantitative estimate of drug-likeness (QED) is 0.756. The Kier molecular flexibility index (Phi) is 7.82. The summed E-state index contributed by atoms with van der Waals surface area (Å²) in [5, 5.41) is 9.12. The van der Waals surface area contributed by atoms with Gasteiger partial charge in [-0.25, -0.2) is 0 Å². The topological polar surface area (TPSA) is 70.2 Å². The van der Waals surface area contributed by atoms with Gasteiger partial charge in [0.2, 0.25) is 5.91 Å². The zero-order valence-corrected chi connectivity index (χ0v) is 14.9. The van der Waals surface area contributed by atoms with Crippen LogP contribution in [-0.2, 0) is 4.79 Å². The van der Waals surface area contributed by atoms with Gasteiger partial charge >= 0.3 is 0 Å². The van der Waals surface area contributed by atoms with Gasteiger partial charge in [-0.15, -0.1) is 12.4 Å². The fourth-order valence-corrected chi connectivity index (χ4v) is 2.57. The Morgan fingerprint density at radius 1 is 1.39 bits per heavy atom. The lowest BCUT2D eigenvalue weighted by molar-refractivity contribution is -0.117. The van der Waals surface area contributed by atoms with E-state index in [1.54, 1.807) is 18.2 Å². The van der Waals surface area contributed by atoms with Crippen LogP contribution in [0.2, 0.25) is 5.02 Å². The molecule has 0 spiro atoms. The van der Waals surface area contributed by atoms with Gasteiger partial charge in [-0.2, -0.15) is 0 Å². The molecule has 0 aliphatic carbocycles. The molecule has 1 aliphatic heterocycles. The average molecular weight is 360 g/mol. The van der Waals surface area contributed by atoms with Crippen molar-refractivity contribution >= 4 is 41.5 Å². The van der Waals surface area contributed by atoms with E-state index in [4.69, 9.17) is 11.6 Å². The van der Waals surface area contributed by atoms with Gasteiger partial charge in [-0.1, -0.05) is 25.4 Å². The number of carbonyl (C=O) groups excluding carboxylic acids is 2. The summed E-state index contributed by atoms with van der Waals surface area (Å²) in [6, 6.07) is 4.80. The minimum absolute atomic E-state index is 0. The Bertz CT molecular complexity index is 558. The average Bonchev–Trinajstić information content (AvgIpc) is 2.99. The summed E-state index contributed by atoms with van der Waals surface area (Å²) in [6.07, 6.45) is 1.85. The largest absolute Gasteiger partial charge is 0.352 e. The first kappa shape index (κ1) is 19.7. The van der Waals surface area contributed by atoms with E-state index in [-0.39, 0.29) is 30.3 Å². The number of rotatable bonds is 5. The molecule has 5 nitrogen and oxygen atoms in total. The van der Waals surface area contributed by atoms with Crippen LogP contribution in [0.1, 0.15) is 37.0 Å². The molecule has 2 amide bonds. The van der Waals surface area contributed by atoms with Gasteiger partial charge in [0.05, 0.1) is 16.6 Å². The standard InChI is InChI=1S/C16H22ClN3O2.ClH/c1-10(2)9-19-15(21)12-6-5-11(8-13(12)17)20-16(22)14-4-3-7-18-14;/h5-6,8,10,14,18H,3-4,7,9H2,1-2H3,(H,19,21)(H,20,22);1H. The first-order valence-corrected chi connectivity index (χ1v) is 7.97. The van der Waals surface area contributed by atoms with E-state index in [0.717, 1.165) is 19.4 Å². The van der Waals surface area contributed by atoms with Crippen molar-refractivity contribution in [2.75, 3.05) is 18.4 Å². The molecular formula is C16H23Cl2N3O2. The third kappa shape index (κ3) is 5.68. The molecule has 7 heteroatoms. The van der Waals surface area contributed by atoms with Crippen molar-refractivity contribution in [1.82, 2.24) is 10.6 Å². The zero-order valence-electron chi connectivity index (χ0n) is 13.3. The molecule has 1 aromatic carbocycles. The van der Waals surface area contributed by atoms with E-state index in [9.17, 15) is 9.59 Å². The Labute approximate surface area is 148 Å². The summed E-state index contributed by atoms with van der Waals surface area (Å²) >= 11 is 6.15. The van der Waals surface area contributed by atoms with Gasteiger partial charge in [-0.3, -0.25) is 9.59 Å². The van der Waals surface area contributed by atoms with Gasteiger partial charge in [0.25, 0.3) is 5.91 Å². The van der Waals surface area contributed by atoms with Crippen LogP contribution in [0.3, 0.4) is 0 Å². The molecule has 0 bridgehead atoms. The highest BCUT2D eigenvalue weighted by Gasteiger charge is 2.22. The van der Waals surface area contributed by atoms with Crippen LogP contribution < -0.4 is 16.0 Å². The summed E-state index contributed by atoms with van der Waals surface area (Å²) in [6.45, 7) is 5.52. The summed E-state index contributed by atoms with van der Waals surface area (Å²) in [5.41, 5.74) is 1.02. The molecule has 1 saturated heterocycles. The molecule has 3 N–H and O–H groups in total. The molecule has 1 aromatic rings. The van der Waals surface area contributed by atoms with Crippen LogP contribution in [0, 0.1) is 5.92 Å². The predicted molar refractivity (Wildman–Crippen MR) is 95.5 cm³/mol. The molecule has 23 heavy (non-hydrogen) atoms. The Balaban J connectivity index is 0.00000264. The maximum absolute atomic E-state index is 12.0. The van der Waals surface area contributed by atoms with Gasteiger partial charge in [0.15, 0.2) is 0 Å². The minimum atomic E-state index is -0.200. The number of anilines is 1. The van der Waals surface area contributed by atoms with Crippen LogP contribution in [0.5, 0.6) is 0 Å². The van der Waals surface area contributed by atoms with Crippen LogP contribution >= 0.6 is 24.0 Å². The van der Waals surface area contributed by atoms with Crippen LogP contribution in [0.15, 0.2) is 18.2 Å². The van der Waals surface area contributed by atoms with Gasteiger partial charge < -0.3 is 16.0 Å². The number of benzene rings is 1. The normalized spacial score (nSPS) is 16.8. The highest BCUT2D eigenvalue weighted by molar-refractivity contribution is 6.34. The van der Waals surface area contributed by atoms with Gasteiger partial charge in [0.1, 0.15) is 0 Å². The van der Waals surface area contributed by atoms with E-state index in [0.29, 0.717) is 28.7 Å². The number of amides is 2. The van der Waals surface area contributed by atoms with Crippen LogP contribution in [-0.4, -0.2) is 30.9 Å². The van der Waals surface area contributed by atoms with Crippen molar-refractivity contribution < 1.29 is 9.59 Å². The zero-order chi connectivity index (χ0) is 16.1. The highest BCUT2D eigenvalue weighted by Crippen LogP contribution is 2.21. The second kappa shape index (κ2) is 9.11. The minimum Gasteiger partial charge on any atom is -0.352 e. The first-order chi connectivity index (χ1) is 10.5. The molecule has 0 radical (unpaired) electrons. The van der Waals surface area contributed by atoms with Crippen molar-refractivity contribution in [3.05, 3.63) is 28.8 Å². The number of hydrogen-bond donors (Lipinski definition) is 3. The van der Waals surface area contributed by atoms with E-state index >= 15 is 0 Å². The SMILES string of the molecule is CC(C)CNC(=O)c1ccc(NC(=O)C2CCCN2)cc1Cl.Cl. The van der Waals surface area contributed by atoms with Crippen molar-refractivity contribution in [2.45, 2.75) is 32.7 Å². The molecule has 1 atom stereocenters. The monoisotopic (exact) mass is 359 g/mol. The van der Waals surface area contributed by atoms with E-state index in [1.165, 1.54) is 0 Å². The number of carbonyl (C=O) groups is 2. The van der Waals surface area contributed by atoms with E-state index in [2.05, 4.69) is 16.0 Å². The molecule has 1 heterocycles. The predicted octanol–water partition coefficient (Wildman–Crippen LogP) is 2.84. The third-order valence-electron chi connectivity index (χ3n) is 3.53. The van der Waals surface area contributed by atoms with Crippen molar-refractivity contribution in [3.8, 4) is 0 Å². The Hall–Kier alpha value is -1.30. The summed E-state index contributed by atoms with van der Waals surface area (Å²) < 4.78 is 0. The van der Waals surface area contributed by atoms with Crippen molar-refractivity contribution in [1.29, 1.82) is 0 Å². The molecule has 128 valence electrons. The molecule has 1 unspecified atom stereocenters. The number of halogens is 2. The highest BCUT2D eigenvalue weighted by atomic mass is 35.5. The van der Waals surface area contributed by atoms with E-state index in [1.807, 2.05) is 13.8 Å².